The highest BCUT2D eigenvalue weighted by atomic mass is 32.2. The standard InChI is InChI=1S/C19H29NO2S/c1-14-9-10-17(13-15(14)2)22-16(3)19(21)20-11-12-23-18-7-5-4-6-8-18/h9-10,13,16,18H,4-8,11-12H2,1-3H3,(H,20,21)/t16-/m0/s1. The van der Waals surface area contributed by atoms with Crippen molar-refractivity contribution in [2.45, 2.75) is 64.2 Å². The molecule has 2 rings (SSSR count). The summed E-state index contributed by atoms with van der Waals surface area (Å²) in [5, 5.41) is 3.78. The molecule has 1 atom stereocenters. The number of amides is 1. The number of hydrogen-bond donors (Lipinski definition) is 1. The summed E-state index contributed by atoms with van der Waals surface area (Å²) in [5.41, 5.74) is 2.41. The zero-order valence-corrected chi connectivity index (χ0v) is 15.4. The van der Waals surface area contributed by atoms with E-state index in [2.05, 4.69) is 19.2 Å². The van der Waals surface area contributed by atoms with Gasteiger partial charge in [-0.25, -0.2) is 0 Å². The lowest BCUT2D eigenvalue weighted by molar-refractivity contribution is -0.127. The molecular formula is C19H29NO2S. The second-order valence-corrected chi connectivity index (χ2v) is 7.84. The fourth-order valence-electron chi connectivity index (χ4n) is 2.82. The van der Waals surface area contributed by atoms with Crippen molar-refractivity contribution in [3.05, 3.63) is 29.3 Å². The second-order valence-electron chi connectivity index (χ2n) is 6.43. The van der Waals surface area contributed by atoms with Gasteiger partial charge in [0.1, 0.15) is 5.75 Å². The van der Waals surface area contributed by atoms with Crippen molar-refractivity contribution in [3.8, 4) is 5.75 Å². The fraction of sp³-hybridized carbons (Fsp3) is 0.632. The number of nitrogens with one attached hydrogen (secondary N) is 1. The molecule has 128 valence electrons. The third-order valence-corrected chi connectivity index (χ3v) is 5.85. The van der Waals surface area contributed by atoms with Crippen molar-refractivity contribution in [1.29, 1.82) is 0 Å². The van der Waals surface area contributed by atoms with Gasteiger partial charge in [-0.05, 0) is 56.9 Å². The monoisotopic (exact) mass is 335 g/mol. The average Bonchev–Trinajstić information content (AvgIpc) is 2.55. The maximum Gasteiger partial charge on any atom is 0.260 e. The zero-order valence-electron chi connectivity index (χ0n) is 14.6. The molecule has 0 aliphatic heterocycles. The minimum Gasteiger partial charge on any atom is -0.481 e. The summed E-state index contributed by atoms with van der Waals surface area (Å²) in [4.78, 5) is 12.1. The Morgan fingerprint density at radius 1 is 1.26 bits per heavy atom. The molecule has 0 bridgehead atoms. The first kappa shape index (κ1) is 18.2. The van der Waals surface area contributed by atoms with E-state index in [1.54, 1.807) is 6.92 Å². The van der Waals surface area contributed by atoms with Gasteiger partial charge >= 0.3 is 0 Å². The van der Waals surface area contributed by atoms with Gasteiger partial charge in [0.2, 0.25) is 0 Å². The molecule has 0 aromatic heterocycles. The van der Waals surface area contributed by atoms with Crippen LogP contribution in [0.3, 0.4) is 0 Å². The molecule has 1 fully saturated rings. The summed E-state index contributed by atoms with van der Waals surface area (Å²) in [6.07, 6.45) is 6.34. The van der Waals surface area contributed by atoms with Crippen LogP contribution >= 0.6 is 11.8 Å². The Balaban J connectivity index is 1.66. The van der Waals surface area contributed by atoms with Crippen molar-refractivity contribution in [1.82, 2.24) is 5.32 Å². The summed E-state index contributed by atoms with van der Waals surface area (Å²) in [5.74, 6) is 1.71. The van der Waals surface area contributed by atoms with Gasteiger partial charge in [-0.2, -0.15) is 11.8 Å². The van der Waals surface area contributed by atoms with Crippen LogP contribution < -0.4 is 10.1 Å². The van der Waals surface area contributed by atoms with E-state index in [1.807, 2.05) is 30.0 Å². The number of thioether (sulfide) groups is 1. The Bertz CT molecular complexity index is 512. The Morgan fingerprint density at radius 3 is 2.70 bits per heavy atom. The van der Waals surface area contributed by atoms with E-state index < -0.39 is 6.10 Å². The molecule has 3 nitrogen and oxygen atoms in total. The molecule has 1 amide bonds. The van der Waals surface area contributed by atoms with Gasteiger partial charge in [0.05, 0.1) is 0 Å². The summed E-state index contributed by atoms with van der Waals surface area (Å²) < 4.78 is 5.74. The first-order valence-corrected chi connectivity index (χ1v) is 9.74. The number of carbonyl (C=O) groups is 1. The molecule has 1 aliphatic carbocycles. The van der Waals surface area contributed by atoms with Crippen LogP contribution in [0.25, 0.3) is 0 Å². The van der Waals surface area contributed by atoms with Gasteiger partial charge in [-0.15, -0.1) is 0 Å². The predicted molar refractivity (Wildman–Crippen MR) is 98.3 cm³/mol. The number of carbonyl (C=O) groups excluding carboxylic acids is 1. The summed E-state index contributed by atoms with van der Waals surface area (Å²) in [7, 11) is 0. The molecule has 0 spiro atoms. The van der Waals surface area contributed by atoms with E-state index in [9.17, 15) is 4.79 Å². The smallest absolute Gasteiger partial charge is 0.260 e. The molecule has 1 aromatic rings. The number of aryl methyl sites for hydroxylation is 2. The molecule has 1 aliphatic rings. The Labute approximate surface area is 144 Å². The lowest BCUT2D eigenvalue weighted by atomic mass is 10.0. The van der Waals surface area contributed by atoms with E-state index >= 15 is 0 Å². The molecule has 1 aromatic carbocycles. The highest BCUT2D eigenvalue weighted by Crippen LogP contribution is 2.27. The minimum absolute atomic E-state index is 0.0347. The number of rotatable bonds is 7. The van der Waals surface area contributed by atoms with Crippen LogP contribution in [0, 0.1) is 13.8 Å². The van der Waals surface area contributed by atoms with Crippen molar-refractivity contribution in [2.75, 3.05) is 12.3 Å². The quantitative estimate of drug-likeness (QED) is 0.757. The number of ether oxygens (including phenoxy) is 1. The van der Waals surface area contributed by atoms with Crippen molar-refractivity contribution in [3.63, 3.8) is 0 Å². The highest BCUT2D eigenvalue weighted by Gasteiger charge is 2.16. The van der Waals surface area contributed by atoms with E-state index in [4.69, 9.17) is 4.74 Å². The predicted octanol–water partition coefficient (Wildman–Crippen LogP) is 4.25. The Hall–Kier alpha value is -1.16. The summed E-state index contributed by atoms with van der Waals surface area (Å²) in [6.45, 7) is 6.65. The maximum atomic E-state index is 12.1. The molecule has 1 N–H and O–H groups in total. The van der Waals surface area contributed by atoms with Gasteiger partial charge in [0.25, 0.3) is 5.91 Å². The SMILES string of the molecule is Cc1ccc(O[C@@H](C)C(=O)NCCSC2CCCCC2)cc1C. The van der Waals surface area contributed by atoms with Crippen molar-refractivity contribution in [2.24, 2.45) is 0 Å². The first-order valence-electron chi connectivity index (χ1n) is 8.69. The van der Waals surface area contributed by atoms with Crippen LogP contribution in [-0.4, -0.2) is 29.6 Å². The van der Waals surface area contributed by atoms with Crippen LogP contribution in [0.5, 0.6) is 5.75 Å². The molecule has 0 heterocycles. The average molecular weight is 336 g/mol. The Morgan fingerprint density at radius 2 is 2.00 bits per heavy atom. The number of benzene rings is 1. The lowest BCUT2D eigenvalue weighted by Gasteiger charge is -2.21. The summed E-state index contributed by atoms with van der Waals surface area (Å²) >= 11 is 2.00. The third kappa shape index (κ3) is 6.09. The van der Waals surface area contributed by atoms with Crippen LogP contribution in [0.1, 0.15) is 50.2 Å². The Kier molecular flexibility index (Phi) is 7.28. The van der Waals surface area contributed by atoms with Gasteiger partial charge in [0, 0.05) is 17.5 Å². The van der Waals surface area contributed by atoms with E-state index in [1.165, 1.54) is 43.2 Å². The molecule has 0 saturated heterocycles. The molecule has 4 heteroatoms. The second kappa shape index (κ2) is 9.21. The van der Waals surface area contributed by atoms with E-state index in [0.29, 0.717) is 0 Å². The van der Waals surface area contributed by atoms with E-state index in [-0.39, 0.29) is 5.91 Å². The molecule has 0 radical (unpaired) electrons. The topological polar surface area (TPSA) is 38.3 Å². The van der Waals surface area contributed by atoms with Crippen LogP contribution in [0.15, 0.2) is 18.2 Å². The summed E-state index contributed by atoms with van der Waals surface area (Å²) in [6, 6.07) is 5.93. The van der Waals surface area contributed by atoms with Gasteiger partial charge in [-0.1, -0.05) is 25.3 Å². The van der Waals surface area contributed by atoms with Crippen LogP contribution in [-0.2, 0) is 4.79 Å². The van der Waals surface area contributed by atoms with Gasteiger partial charge < -0.3 is 10.1 Å². The van der Waals surface area contributed by atoms with Crippen LogP contribution in [0.2, 0.25) is 0 Å². The lowest BCUT2D eigenvalue weighted by Crippen LogP contribution is -2.37. The zero-order chi connectivity index (χ0) is 16.7. The molecule has 0 unspecified atom stereocenters. The maximum absolute atomic E-state index is 12.1. The van der Waals surface area contributed by atoms with Crippen molar-refractivity contribution < 1.29 is 9.53 Å². The van der Waals surface area contributed by atoms with Crippen LogP contribution in [0.4, 0.5) is 0 Å². The van der Waals surface area contributed by atoms with Gasteiger partial charge in [0.15, 0.2) is 6.10 Å². The fourth-order valence-corrected chi connectivity index (χ4v) is 4.04. The molecule has 23 heavy (non-hydrogen) atoms. The molecule has 1 saturated carbocycles. The largest absolute Gasteiger partial charge is 0.481 e. The third-order valence-electron chi connectivity index (χ3n) is 4.47. The highest BCUT2D eigenvalue weighted by molar-refractivity contribution is 7.99. The van der Waals surface area contributed by atoms with Crippen molar-refractivity contribution >= 4 is 17.7 Å². The normalized spacial score (nSPS) is 16.8. The van der Waals surface area contributed by atoms with Gasteiger partial charge in [-0.3, -0.25) is 4.79 Å². The first-order chi connectivity index (χ1) is 11.1. The van der Waals surface area contributed by atoms with E-state index in [0.717, 1.165) is 23.3 Å². The number of hydrogen-bond acceptors (Lipinski definition) is 3. The molecular weight excluding hydrogens is 306 g/mol. The minimum atomic E-state index is -0.461.